The van der Waals surface area contributed by atoms with E-state index in [0.717, 1.165) is 24.9 Å². The van der Waals surface area contributed by atoms with Crippen molar-refractivity contribution in [3.8, 4) is 0 Å². The molecule has 0 aromatic heterocycles. The minimum Gasteiger partial charge on any atom is -0.326 e. The number of amides is 1. The van der Waals surface area contributed by atoms with Gasteiger partial charge < -0.3 is 5.32 Å². The predicted octanol–water partition coefficient (Wildman–Crippen LogP) is 3.01. The van der Waals surface area contributed by atoms with Crippen LogP contribution in [0.2, 0.25) is 0 Å². The number of anilines is 1. The first-order chi connectivity index (χ1) is 6.83. The second kappa shape index (κ2) is 6.19. The lowest BCUT2D eigenvalue weighted by Crippen LogP contribution is -2.10. The summed E-state index contributed by atoms with van der Waals surface area (Å²) < 4.78 is 0. The first-order valence-corrected chi connectivity index (χ1v) is 5.09. The van der Waals surface area contributed by atoms with Crippen LogP contribution in [-0.2, 0) is 4.79 Å². The van der Waals surface area contributed by atoms with Crippen molar-refractivity contribution < 1.29 is 4.79 Å². The average molecular weight is 190 g/mol. The molecule has 2 nitrogen and oxygen atoms in total. The zero-order valence-corrected chi connectivity index (χ0v) is 8.55. The quantitative estimate of drug-likeness (QED) is 0.710. The van der Waals surface area contributed by atoms with Crippen molar-refractivity contribution in [1.82, 2.24) is 0 Å². The van der Waals surface area contributed by atoms with Crippen LogP contribution >= 0.6 is 0 Å². The van der Waals surface area contributed by atoms with E-state index in [-0.39, 0.29) is 5.91 Å². The summed E-state index contributed by atoms with van der Waals surface area (Å²) in [5.41, 5.74) is 0.852. The van der Waals surface area contributed by atoms with Crippen molar-refractivity contribution in [1.29, 1.82) is 0 Å². The SMILES string of the molecule is CCCCCC(=O)Nc1cc[c]cc1. The fraction of sp³-hybridized carbons (Fsp3) is 0.417. The van der Waals surface area contributed by atoms with Gasteiger partial charge in [-0.1, -0.05) is 31.9 Å². The molecule has 0 fully saturated rings. The number of carbonyl (C=O) groups is 1. The topological polar surface area (TPSA) is 29.1 Å². The molecule has 0 heterocycles. The number of rotatable bonds is 5. The van der Waals surface area contributed by atoms with Crippen LogP contribution in [0.3, 0.4) is 0 Å². The molecule has 2 heteroatoms. The van der Waals surface area contributed by atoms with Crippen molar-refractivity contribution in [3.63, 3.8) is 0 Å². The summed E-state index contributed by atoms with van der Waals surface area (Å²) in [6.45, 7) is 2.13. The molecule has 0 spiro atoms. The van der Waals surface area contributed by atoms with Gasteiger partial charge >= 0.3 is 0 Å². The maximum atomic E-state index is 11.4. The smallest absolute Gasteiger partial charge is 0.224 e. The van der Waals surface area contributed by atoms with Crippen LogP contribution in [0.4, 0.5) is 5.69 Å². The molecule has 0 unspecified atom stereocenters. The number of nitrogens with one attached hydrogen (secondary N) is 1. The standard InChI is InChI=1S/C12H16NO/c1-2-3-5-10-12(14)13-11-8-6-4-7-9-11/h6-9H,2-3,5,10H2,1H3,(H,13,14). The average Bonchev–Trinajstić information content (AvgIpc) is 2.20. The van der Waals surface area contributed by atoms with Gasteiger partial charge in [0.25, 0.3) is 0 Å². The van der Waals surface area contributed by atoms with E-state index in [0.29, 0.717) is 6.42 Å². The molecule has 0 aliphatic heterocycles. The molecule has 75 valence electrons. The normalized spacial score (nSPS) is 9.79. The van der Waals surface area contributed by atoms with Gasteiger partial charge in [-0.15, -0.1) is 0 Å². The van der Waals surface area contributed by atoms with Crippen LogP contribution in [0.15, 0.2) is 24.3 Å². The highest BCUT2D eigenvalue weighted by molar-refractivity contribution is 5.90. The second-order valence-electron chi connectivity index (χ2n) is 3.29. The number of unbranched alkanes of at least 4 members (excludes halogenated alkanes) is 2. The summed E-state index contributed by atoms with van der Waals surface area (Å²) in [6, 6.07) is 10.2. The first-order valence-electron chi connectivity index (χ1n) is 5.09. The van der Waals surface area contributed by atoms with Gasteiger partial charge in [-0.3, -0.25) is 4.79 Å². The Kier molecular flexibility index (Phi) is 4.76. The van der Waals surface area contributed by atoms with Crippen molar-refractivity contribution in [2.75, 3.05) is 5.32 Å². The highest BCUT2D eigenvalue weighted by Crippen LogP contribution is 2.06. The highest BCUT2D eigenvalue weighted by atomic mass is 16.1. The van der Waals surface area contributed by atoms with Crippen LogP contribution in [0.5, 0.6) is 0 Å². The van der Waals surface area contributed by atoms with E-state index in [1.165, 1.54) is 0 Å². The molecular formula is C12H16NO. The summed E-state index contributed by atoms with van der Waals surface area (Å²) in [4.78, 5) is 11.4. The molecule has 14 heavy (non-hydrogen) atoms. The molecule has 0 saturated heterocycles. The van der Waals surface area contributed by atoms with Gasteiger partial charge in [-0.25, -0.2) is 0 Å². The lowest BCUT2D eigenvalue weighted by Gasteiger charge is -2.03. The Bertz CT molecular complexity index is 269. The molecule has 1 amide bonds. The Balaban J connectivity index is 2.27. The Morgan fingerprint density at radius 2 is 2.07 bits per heavy atom. The summed E-state index contributed by atoms with van der Waals surface area (Å²) >= 11 is 0. The second-order valence-corrected chi connectivity index (χ2v) is 3.29. The largest absolute Gasteiger partial charge is 0.326 e. The van der Waals surface area contributed by atoms with Crippen LogP contribution in [0, 0.1) is 6.07 Å². The maximum absolute atomic E-state index is 11.4. The highest BCUT2D eigenvalue weighted by Gasteiger charge is 2.00. The third kappa shape index (κ3) is 4.08. The number of benzene rings is 1. The molecule has 0 atom stereocenters. The first kappa shape index (κ1) is 10.8. The fourth-order valence-electron chi connectivity index (χ4n) is 1.23. The molecule has 0 bridgehead atoms. The van der Waals surface area contributed by atoms with Crippen LogP contribution < -0.4 is 5.32 Å². The third-order valence-electron chi connectivity index (χ3n) is 2.01. The van der Waals surface area contributed by atoms with Crippen LogP contribution in [0.1, 0.15) is 32.6 Å². The van der Waals surface area contributed by atoms with Gasteiger partial charge in [-0.05, 0) is 24.6 Å². The Labute approximate surface area is 85.3 Å². The van der Waals surface area contributed by atoms with Crippen LogP contribution in [0.25, 0.3) is 0 Å². The van der Waals surface area contributed by atoms with E-state index in [9.17, 15) is 4.79 Å². The Hall–Kier alpha value is -1.31. The summed E-state index contributed by atoms with van der Waals surface area (Å²) in [6.07, 6.45) is 3.86. The number of carbonyl (C=O) groups excluding carboxylic acids is 1. The molecule has 1 aromatic carbocycles. The van der Waals surface area contributed by atoms with Gasteiger partial charge in [0.1, 0.15) is 0 Å². The van der Waals surface area contributed by atoms with Crippen molar-refractivity contribution in [3.05, 3.63) is 30.3 Å². The van der Waals surface area contributed by atoms with E-state index in [1.54, 1.807) is 12.1 Å². The molecular weight excluding hydrogens is 174 g/mol. The van der Waals surface area contributed by atoms with Gasteiger partial charge in [-0.2, -0.15) is 0 Å². The minimum atomic E-state index is 0.102. The van der Waals surface area contributed by atoms with Gasteiger partial charge in [0.05, 0.1) is 0 Å². The lowest BCUT2D eigenvalue weighted by molar-refractivity contribution is -0.116. The van der Waals surface area contributed by atoms with E-state index < -0.39 is 0 Å². The Morgan fingerprint density at radius 3 is 2.71 bits per heavy atom. The predicted molar refractivity (Wildman–Crippen MR) is 58.0 cm³/mol. The summed E-state index contributed by atoms with van der Waals surface area (Å²) in [5, 5.41) is 2.84. The number of hydrogen-bond donors (Lipinski definition) is 1. The zero-order valence-electron chi connectivity index (χ0n) is 8.55. The molecule has 0 saturated carbocycles. The molecule has 1 radical (unpaired) electrons. The van der Waals surface area contributed by atoms with E-state index >= 15 is 0 Å². The number of hydrogen-bond acceptors (Lipinski definition) is 1. The lowest BCUT2D eigenvalue weighted by atomic mass is 10.2. The van der Waals surface area contributed by atoms with Crippen molar-refractivity contribution in [2.24, 2.45) is 0 Å². The van der Waals surface area contributed by atoms with Gasteiger partial charge in [0.15, 0.2) is 0 Å². The van der Waals surface area contributed by atoms with Crippen molar-refractivity contribution >= 4 is 11.6 Å². The third-order valence-corrected chi connectivity index (χ3v) is 2.01. The Morgan fingerprint density at radius 1 is 1.36 bits per heavy atom. The van der Waals surface area contributed by atoms with E-state index in [4.69, 9.17) is 0 Å². The molecule has 1 aromatic rings. The van der Waals surface area contributed by atoms with E-state index in [1.807, 2.05) is 12.1 Å². The molecule has 1 N–H and O–H groups in total. The maximum Gasteiger partial charge on any atom is 0.224 e. The monoisotopic (exact) mass is 190 g/mol. The molecule has 1 rings (SSSR count). The van der Waals surface area contributed by atoms with E-state index in [2.05, 4.69) is 18.3 Å². The van der Waals surface area contributed by atoms with Crippen LogP contribution in [-0.4, -0.2) is 5.91 Å². The minimum absolute atomic E-state index is 0.102. The fourth-order valence-corrected chi connectivity index (χ4v) is 1.23. The summed E-state index contributed by atoms with van der Waals surface area (Å²) in [5.74, 6) is 0.102. The molecule has 0 aliphatic rings. The molecule has 0 aliphatic carbocycles. The van der Waals surface area contributed by atoms with Crippen molar-refractivity contribution in [2.45, 2.75) is 32.6 Å². The van der Waals surface area contributed by atoms with Gasteiger partial charge in [0, 0.05) is 12.1 Å². The zero-order chi connectivity index (χ0) is 10.2. The summed E-state index contributed by atoms with van der Waals surface area (Å²) in [7, 11) is 0. The van der Waals surface area contributed by atoms with Gasteiger partial charge in [0.2, 0.25) is 5.91 Å².